The minimum absolute atomic E-state index is 0.00430. The zero-order valence-corrected chi connectivity index (χ0v) is 22.4. The quantitative estimate of drug-likeness (QED) is 0.267. The van der Waals surface area contributed by atoms with Crippen molar-refractivity contribution in [2.24, 2.45) is 5.73 Å². The lowest BCUT2D eigenvalue weighted by atomic mass is 10.0. The SMILES string of the molecule is NCCCC[C@@H]1N[C@H](CNC(=O)Cc2ccc3ccccc3c2)CCN(Cc2ccc3ccccc3c2)C1=O. The lowest BCUT2D eigenvalue weighted by Gasteiger charge is -2.25. The van der Waals surface area contributed by atoms with E-state index in [1.165, 1.54) is 16.2 Å². The van der Waals surface area contributed by atoms with Crippen LogP contribution in [0.2, 0.25) is 0 Å². The van der Waals surface area contributed by atoms with Crippen molar-refractivity contribution in [3.05, 3.63) is 96.1 Å². The number of amides is 2. The van der Waals surface area contributed by atoms with Gasteiger partial charge in [0.05, 0.1) is 12.5 Å². The van der Waals surface area contributed by atoms with E-state index in [1.807, 2.05) is 35.2 Å². The van der Waals surface area contributed by atoms with Crippen molar-refractivity contribution in [1.82, 2.24) is 15.5 Å². The summed E-state index contributed by atoms with van der Waals surface area (Å²) in [4.78, 5) is 28.4. The third-order valence-electron chi connectivity index (χ3n) is 7.65. The molecule has 1 aliphatic heterocycles. The van der Waals surface area contributed by atoms with Crippen molar-refractivity contribution in [3.63, 3.8) is 0 Å². The molecule has 6 heteroatoms. The molecule has 1 saturated heterocycles. The second-order valence-electron chi connectivity index (χ2n) is 10.6. The zero-order chi connectivity index (χ0) is 27.0. The molecule has 0 saturated carbocycles. The van der Waals surface area contributed by atoms with E-state index in [-0.39, 0.29) is 23.9 Å². The molecule has 0 spiro atoms. The largest absolute Gasteiger partial charge is 0.354 e. The molecule has 4 N–H and O–H groups in total. The van der Waals surface area contributed by atoms with Gasteiger partial charge in [0, 0.05) is 25.7 Å². The van der Waals surface area contributed by atoms with Gasteiger partial charge in [0.1, 0.15) is 0 Å². The van der Waals surface area contributed by atoms with E-state index in [0.29, 0.717) is 32.6 Å². The summed E-state index contributed by atoms with van der Waals surface area (Å²) in [5.41, 5.74) is 7.85. The highest BCUT2D eigenvalue weighted by Crippen LogP contribution is 2.20. The van der Waals surface area contributed by atoms with Crippen LogP contribution in [0.1, 0.15) is 36.8 Å². The highest BCUT2D eigenvalue weighted by molar-refractivity contribution is 5.86. The van der Waals surface area contributed by atoms with Crippen LogP contribution < -0.4 is 16.4 Å². The number of carbonyl (C=O) groups is 2. The maximum absolute atomic E-state index is 13.6. The number of unbranched alkanes of at least 4 members (excludes halogenated alkanes) is 1. The standard InChI is InChI=1S/C33H38N4O2/c34-17-6-5-11-31-33(39)37(23-25-13-15-27-8-2-4-10-29(27)20-25)18-16-30(36-31)22-35-32(38)21-24-12-14-26-7-1-3-9-28(26)19-24/h1-4,7-10,12-15,19-20,30-31,36H,5-6,11,16-18,21-23,34H2,(H,35,38)/t30-,31-/m0/s1. The fourth-order valence-corrected chi connectivity index (χ4v) is 5.49. The van der Waals surface area contributed by atoms with Gasteiger partial charge in [-0.1, -0.05) is 85.3 Å². The molecule has 39 heavy (non-hydrogen) atoms. The Morgan fingerprint density at radius 3 is 2.21 bits per heavy atom. The Hall–Kier alpha value is -3.74. The first-order valence-corrected chi connectivity index (χ1v) is 14.1. The number of hydrogen-bond acceptors (Lipinski definition) is 4. The number of benzene rings is 4. The summed E-state index contributed by atoms with van der Waals surface area (Å²) >= 11 is 0. The highest BCUT2D eigenvalue weighted by Gasteiger charge is 2.30. The van der Waals surface area contributed by atoms with Gasteiger partial charge in [0.25, 0.3) is 0 Å². The topological polar surface area (TPSA) is 87.5 Å². The first-order chi connectivity index (χ1) is 19.1. The summed E-state index contributed by atoms with van der Waals surface area (Å²) in [5, 5.41) is 11.4. The van der Waals surface area contributed by atoms with Gasteiger partial charge < -0.3 is 21.3 Å². The van der Waals surface area contributed by atoms with Gasteiger partial charge in [0.15, 0.2) is 0 Å². The normalized spacial score (nSPS) is 17.9. The molecule has 2 atom stereocenters. The minimum atomic E-state index is -0.276. The zero-order valence-electron chi connectivity index (χ0n) is 22.4. The van der Waals surface area contributed by atoms with E-state index < -0.39 is 0 Å². The molecule has 1 fully saturated rings. The minimum Gasteiger partial charge on any atom is -0.354 e. The molecule has 0 bridgehead atoms. The molecule has 1 aliphatic rings. The summed E-state index contributed by atoms with van der Waals surface area (Å²) in [7, 11) is 0. The Morgan fingerprint density at radius 2 is 1.51 bits per heavy atom. The van der Waals surface area contributed by atoms with E-state index in [4.69, 9.17) is 5.73 Å². The van der Waals surface area contributed by atoms with Crippen LogP contribution >= 0.6 is 0 Å². The third-order valence-corrected chi connectivity index (χ3v) is 7.65. The molecule has 4 aromatic rings. The summed E-state index contributed by atoms with van der Waals surface area (Å²) < 4.78 is 0. The predicted octanol–water partition coefficient (Wildman–Crippen LogP) is 4.54. The Morgan fingerprint density at radius 1 is 0.872 bits per heavy atom. The summed E-state index contributed by atoms with van der Waals surface area (Å²) in [6.45, 7) is 2.35. The van der Waals surface area contributed by atoms with Crippen LogP contribution in [0.4, 0.5) is 0 Å². The molecule has 202 valence electrons. The lowest BCUT2D eigenvalue weighted by Crippen LogP contribution is -2.48. The van der Waals surface area contributed by atoms with Crippen molar-refractivity contribution >= 4 is 33.4 Å². The fraction of sp³-hybridized carbons (Fsp3) is 0.333. The van der Waals surface area contributed by atoms with Crippen molar-refractivity contribution in [3.8, 4) is 0 Å². The van der Waals surface area contributed by atoms with Gasteiger partial charge in [-0.3, -0.25) is 9.59 Å². The van der Waals surface area contributed by atoms with Gasteiger partial charge in [-0.2, -0.15) is 0 Å². The van der Waals surface area contributed by atoms with Crippen LogP contribution in [0.15, 0.2) is 84.9 Å². The second-order valence-corrected chi connectivity index (χ2v) is 10.6. The molecular weight excluding hydrogens is 484 g/mol. The first kappa shape index (κ1) is 26.9. The highest BCUT2D eigenvalue weighted by atomic mass is 16.2. The third kappa shape index (κ3) is 7.02. The van der Waals surface area contributed by atoms with Gasteiger partial charge in [-0.25, -0.2) is 0 Å². The summed E-state index contributed by atoms with van der Waals surface area (Å²) in [6.07, 6.45) is 3.65. The Balaban J connectivity index is 1.22. The Kier molecular flexibility index (Phi) is 8.86. The molecule has 2 amide bonds. The average molecular weight is 523 g/mol. The number of hydrogen-bond donors (Lipinski definition) is 3. The summed E-state index contributed by atoms with van der Waals surface area (Å²) in [5.74, 6) is 0.125. The predicted molar refractivity (Wildman–Crippen MR) is 158 cm³/mol. The van der Waals surface area contributed by atoms with Crippen molar-refractivity contribution in [2.45, 2.75) is 50.7 Å². The molecule has 1 heterocycles. The van der Waals surface area contributed by atoms with Gasteiger partial charge in [-0.15, -0.1) is 0 Å². The van der Waals surface area contributed by atoms with Crippen molar-refractivity contribution < 1.29 is 9.59 Å². The lowest BCUT2D eigenvalue weighted by molar-refractivity contribution is -0.133. The van der Waals surface area contributed by atoms with Gasteiger partial charge >= 0.3 is 0 Å². The monoisotopic (exact) mass is 522 g/mol. The maximum atomic E-state index is 13.6. The average Bonchev–Trinajstić information content (AvgIpc) is 3.10. The number of rotatable bonds is 10. The molecule has 0 radical (unpaired) electrons. The van der Waals surface area contributed by atoms with E-state index in [2.05, 4.69) is 65.2 Å². The Labute approximate surface area is 230 Å². The molecular formula is C33H38N4O2. The van der Waals surface area contributed by atoms with Crippen LogP contribution in [0.25, 0.3) is 21.5 Å². The maximum Gasteiger partial charge on any atom is 0.240 e. The number of carbonyl (C=O) groups excluding carboxylic acids is 2. The number of nitrogens with zero attached hydrogens (tertiary/aromatic N) is 1. The van der Waals surface area contributed by atoms with Gasteiger partial charge in [0.2, 0.25) is 11.8 Å². The van der Waals surface area contributed by atoms with Crippen LogP contribution in [0.3, 0.4) is 0 Å². The van der Waals surface area contributed by atoms with Crippen LogP contribution in [0.5, 0.6) is 0 Å². The molecule has 5 rings (SSSR count). The molecule has 4 aromatic carbocycles. The van der Waals surface area contributed by atoms with Crippen LogP contribution in [-0.2, 0) is 22.6 Å². The molecule has 6 nitrogen and oxygen atoms in total. The fourth-order valence-electron chi connectivity index (χ4n) is 5.49. The van der Waals surface area contributed by atoms with Gasteiger partial charge in [-0.05, 0) is 64.5 Å². The van der Waals surface area contributed by atoms with E-state index in [0.717, 1.165) is 42.2 Å². The number of nitrogens with one attached hydrogen (secondary N) is 2. The molecule has 0 aliphatic carbocycles. The van der Waals surface area contributed by atoms with Crippen LogP contribution in [0, 0.1) is 0 Å². The summed E-state index contributed by atoms with van der Waals surface area (Å²) in [6, 6.07) is 28.8. The smallest absolute Gasteiger partial charge is 0.240 e. The van der Waals surface area contributed by atoms with E-state index in [1.54, 1.807) is 0 Å². The van der Waals surface area contributed by atoms with Crippen molar-refractivity contribution in [2.75, 3.05) is 19.6 Å². The first-order valence-electron chi connectivity index (χ1n) is 14.1. The molecule has 0 aromatic heterocycles. The molecule has 0 unspecified atom stereocenters. The van der Waals surface area contributed by atoms with E-state index in [9.17, 15) is 9.59 Å². The van der Waals surface area contributed by atoms with Crippen molar-refractivity contribution in [1.29, 1.82) is 0 Å². The van der Waals surface area contributed by atoms with Crippen LogP contribution in [-0.4, -0.2) is 48.4 Å². The van der Waals surface area contributed by atoms with E-state index >= 15 is 0 Å². The second kappa shape index (κ2) is 12.9. The number of fused-ring (bicyclic) bond motifs is 2. The Bertz CT molecular complexity index is 1440. The number of nitrogens with two attached hydrogens (primary N) is 1.